The van der Waals surface area contributed by atoms with Gasteiger partial charge in [-0.1, -0.05) is 19.8 Å². The number of hydrogen-bond acceptors (Lipinski definition) is 4. The fourth-order valence-electron chi connectivity index (χ4n) is 2.90. The van der Waals surface area contributed by atoms with Crippen molar-refractivity contribution in [2.45, 2.75) is 44.9 Å². The van der Waals surface area contributed by atoms with Crippen molar-refractivity contribution in [2.24, 2.45) is 0 Å². The maximum Gasteiger partial charge on any atom is 0.171 e. The highest BCUT2D eigenvalue weighted by atomic mass is 127. The molecule has 112 valence electrons. The van der Waals surface area contributed by atoms with Gasteiger partial charge >= 0.3 is 0 Å². The normalized spacial score (nSPS) is 15.6. The SMILES string of the molecule is CCc1ccc(-c2nc(NC)c(I)c(C3CCCC3)n2)s1. The number of anilines is 1. The summed E-state index contributed by atoms with van der Waals surface area (Å²) in [6.07, 6.45) is 6.26. The zero-order chi connectivity index (χ0) is 14.8. The topological polar surface area (TPSA) is 37.8 Å². The third kappa shape index (κ3) is 3.08. The van der Waals surface area contributed by atoms with E-state index in [4.69, 9.17) is 9.97 Å². The van der Waals surface area contributed by atoms with Gasteiger partial charge in [-0.25, -0.2) is 9.97 Å². The lowest BCUT2D eigenvalue weighted by Crippen LogP contribution is -2.07. The lowest BCUT2D eigenvalue weighted by atomic mass is 10.0. The van der Waals surface area contributed by atoms with Gasteiger partial charge in [-0.05, 0) is 54.0 Å². The maximum absolute atomic E-state index is 4.93. The molecule has 2 heterocycles. The van der Waals surface area contributed by atoms with Crippen LogP contribution in [-0.2, 0) is 6.42 Å². The Morgan fingerprint density at radius 3 is 2.67 bits per heavy atom. The molecule has 1 aliphatic carbocycles. The number of aromatic nitrogens is 2. The number of hydrogen-bond donors (Lipinski definition) is 1. The van der Waals surface area contributed by atoms with Crippen LogP contribution in [0.1, 0.15) is 49.1 Å². The van der Waals surface area contributed by atoms with Gasteiger partial charge in [0.1, 0.15) is 5.82 Å². The maximum atomic E-state index is 4.93. The van der Waals surface area contributed by atoms with Crippen LogP contribution in [0.3, 0.4) is 0 Å². The van der Waals surface area contributed by atoms with Crippen LogP contribution in [0.4, 0.5) is 5.82 Å². The Bertz CT molecular complexity index is 632. The van der Waals surface area contributed by atoms with Crippen LogP contribution in [0.5, 0.6) is 0 Å². The van der Waals surface area contributed by atoms with Crippen molar-refractivity contribution < 1.29 is 0 Å². The Morgan fingerprint density at radius 1 is 1.29 bits per heavy atom. The Hall–Kier alpha value is -0.690. The smallest absolute Gasteiger partial charge is 0.171 e. The monoisotopic (exact) mass is 413 g/mol. The third-order valence-electron chi connectivity index (χ3n) is 4.09. The van der Waals surface area contributed by atoms with Crippen LogP contribution >= 0.6 is 33.9 Å². The second kappa shape index (κ2) is 6.60. The number of halogens is 1. The van der Waals surface area contributed by atoms with Gasteiger partial charge in [0.25, 0.3) is 0 Å². The predicted molar refractivity (Wildman–Crippen MR) is 98.2 cm³/mol. The van der Waals surface area contributed by atoms with E-state index in [0.29, 0.717) is 5.92 Å². The third-order valence-corrected chi connectivity index (χ3v) is 6.38. The summed E-state index contributed by atoms with van der Waals surface area (Å²) in [4.78, 5) is 12.2. The highest BCUT2D eigenvalue weighted by Crippen LogP contribution is 2.38. The number of nitrogens with one attached hydrogen (secondary N) is 1. The minimum absolute atomic E-state index is 0.608. The molecule has 0 saturated heterocycles. The summed E-state index contributed by atoms with van der Waals surface area (Å²) in [5.74, 6) is 2.46. The second-order valence-electron chi connectivity index (χ2n) is 5.45. The summed E-state index contributed by atoms with van der Waals surface area (Å²) in [6, 6.07) is 4.35. The van der Waals surface area contributed by atoms with Gasteiger partial charge < -0.3 is 5.32 Å². The van der Waals surface area contributed by atoms with Gasteiger partial charge in [0.2, 0.25) is 0 Å². The lowest BCUT2D eigenvalue weighted by Gasteiger charge is -2.15. The first-order valence-corrected chi connectivity index (χ1v) is 9.46. The quantitative estimate of drug-likeness (QED) is 0.712. The molecule has 1 saturated carbocycles. The van der Waals surface area contributed by atoms with Crippen molar-refractivity contribution in [3.05, 3.63) is 26.3 Å². The average molecular weight is 413 g/mol. The van der Waals surface area contributed by atoms with Crippen LogP contribution in [-0.4, -0.2) is 17.0 Å². The van der Waals surface area contributed by atoms with E-state index >= 15 is 0 Å². The van der Waals surface area contributed by atoms with Crippen LogP contribution in [0.15, 0.2) is 12.1 Å². The van der Waals surface area contributed by atoms with Crippen molar-refractivity contribution >= 4 is 39.7 Å². The van der Waals surface area contributed by atoms with E-state index in [1.54, 1.807) is 0 Å². The molecule has 3 rings (SSSR count). The fourth-order valence-corrected chi connectivity index (χ4v) is 4.73. The Balaban J connectivity index is 2.05. The van der Waals surface area contributed by atoms with Crippen molar-refractivity contribution in [3.8, 4) is 10.7 Å². The molecule has 1 N–H and O–H groups in total. The molecule has 1 aliphatic rings. The van der Waals surface area contributed by atoms with E-state index in [2.05, 4.69) is 47.0 Å². The molecule has 5 heteroatoms. The predicted octanol–water partition coefficient (Wildman–Crippen LogP) is 5.07. The molecule has 0 atom stereocenters. The summed E-state index contributed by atoms with van der Waals surface area (Å²) in [5, 5.41) is 3.24. The zero-order valence-electron chi connectivity index (χ0n) is 12.4. The Morgan fingerprint density at radius 2 is 2.05 bits per heavy atom. The lowest BCUT2D eigenvalue weighted by molar-refractivity contribution is 0.691. The minimum Gasteiger partial charge on any atom is -0.372 e. The summed E-state index contributed by atoms with van der Waals surface area (Å²) in [5.41, 5.74) is 1.24. The van der Waals surface area contributed by atoms with Crippen LogP contribution in [0, 0.1) is 3.57 Å². The Labute approximate surface area is 143 Å². The molecule has 0 amide bonds. The van der Waals surface area contributed by atoms with Crippen molar-refractivity contribution in [2.75, 3.05) is 12.4 Å². The van der Waals surface area contributed by atoms with Gasteiger partial charge in [-0.3, -0.25) is 0 Å². The molecule has 2 aromatic rings. The van der Waals surface area contributed by atoms with Crippen LogP contribution in [0.25, 0.3) is 10.7 Å². The van der Waals surface area contributed by atoms with Crippen molar-refractivity contribution in [1.82, 2.24) is 9.97 Å². The fraction of sp³-hybridized carbons (Fsp3) is 0.500. The van der Waals surface area contributed by atoms with Crippen LogP contribution in [0.2, 0.25) is 0 Å². The Kier molecular flexibility index (Phi) is 4.78. The average Bonchev–Trinajstić information content (AvgIpc) is 3.18. The largest absolute Gasteiger partial charge is 0.372 e. The van der Waals surface area contributed by atoms with E-state index in [-0.39, 0.29) is 0 Å². The molecule has 0 radical (unpaired) electrons. The highest BCUT2D eigenvalue weighted by Gasteiger charge is 2.24. The number of rotatable bonds is 4. The van der Waals surface area contributed by atoms with Crippen LogP contribution < -0.4 is 5.32 Å². The zero-order valence-corrected chi connectivity index (χ0v) is 15.4. The van der Waals surface area contributed by atoms with E-state index in [9.17, 15) is 0 Å². The minimum atomic E-state index is 0.608. The van der Waals surface area contributed by atoms with Crippen molar-refractivity contribution in [3.63, 3.8) is 0 Å². The second-order valence-corrected chi connectivity index (χ2v) is 7.69. The van der Waals surface area contributed by atoms with Gasteiger partial charge in [0.15, 0.2) is 5.82 Å². The first kappa shape index (κ1) is 15.2. The molecule has 0 bridgehead atoms. The van der Waals surface area contributed by atoms with Crippen molar-refractivity contribution in [1.29, 1.82) is 0 Å². The van der Waals surface area contributed by atoms with E-state index in [0.717, 1.165) is 18.1 Å². The molecule has 1 fully saturated rings. The molecule has 0 aromatic carbocycles. The highest BCUT2D eigenvalue weighted by molar-refractivity contribution is 14.1. The number of thiophene rings is 1. The molecule has 3 nitrogen and oxygen atoms in total. The summed E-state index contributed by atoms with van der Waals surface area (Å²) in [6.45, 7) is 2.19. The van der Waals surface area contributed by atoms with Gasteiger partial charge in [0, 0.05) is 17.8 Å². The molecule has 0 aliphatic heterocycles. The summed E-state index contributed by atoms with van der Waals surface area (Å²) < 4.78 is 1.19. The molecule has 0 unspecified atom stereocenters. The standard InChI is InChI=1S/C16H20IN3S/c1-3-11-8-9-12(21-11)15-19-14(10-6-4-5-7-10)13(17)16(18-2)20-15/h8-10H,3-7H2,1-2H3,(H,18,19,20). The van der Waals surface area contributed by atoms with Gasteiger partial charge in [-0.2, -0.15) is 0 Å². The van der Waals surface area contributed by atoms with E-state index in [1.165, 1.54) is 44.7 Å². The molecule has 0 spiro atoms. The molecular weight excluding hydrogens is 393 g/mol. The molecule has 2 aromatic heterocycles. The van der Waals surface area contributed by atoms with Gasteiger partial charge in [-0.15, -0.1) is 11.3 Å². The van der Waals surface area contributed by atoms with E-state index < -0.39 is 0 Å². The van der Waals surface area contributed by atoms with Gasteiger partial charge in [0.05, 0.1) is 14.1 Å². The number of aryl methyl sites for hydroxylation is 1. The molecular formula is C16H20IN3S. The molecule has 21 heavy (non-hydrogen) atoms. The first-order valence-electron chi connectivity index (χ1n) is 7.57. The summed E-state index contributed by atoms with van der Waals surface area (Å²) >= 11 is 4.20. The summed E-state index contributed by atoms with van der Waals surface area (Å²) in [7, 11) is 1.94. The number of nitrogens with zero attached hydrogens (tertiary/aromatic N) is 2. The van der Waals surface area contributed by atoms with E-state index in [1.807, 2.05) is 18.4 Å². The first-order chi connectivity index (χ1) is 10.2.